The van der Waals surface area contributed by atoms with E-state index in [2.05, 4.69) is 22.0 Å². The highest BCUT2D eigenvalue weighted by Gasteiger charge is 2.23. The average molecular weight is 413 g/mol. The van der Waals surface area contributed by atoms with E-state index >= 15 is 0 Å². The zero-order valence-electron chi connectivity index (χ0n) is 16.9. The van der Waals surface area contributed by atoms with E-state index < -0.39 is 6.10 Å². The van der Waals surface area contributed by atoms with Crippen LogP contribution in [-0.4, -0.2) is 22.8 Å². The van der Waals surface area contributed by atoms with Gasteiger partial charge in [-0.2, -0.15) is 0 Å². The first-order valence-electron chi connectivity index (χ1n) is 10.5. The van der Waals surface area contributed by atoms with Crippen LogP contribution in [0.1, 0.15) is 43.0 Å². The fraction of sp³-hybridized carbons (Fsp3) is 0.417. The highest BCUT2D eigenvalue weighted by Crippen LogP contribution is 2.35. The second kappa shape index (κ2) is 9.21. The van der Waals surface area contributed by atoms with E-state index in [4.69, 9.17) is 16.3 Å². The second-order valence-electron chi connectivity index (χ2n) is 7.97. The van der Waals surface area contributed by atoms with Crippen LogP contribution in [0, 0.1) is 5.92 Å². The van der Waals surface area contributed by atoms with Crippen LogP contribution in [0.25, 0.3) is 10.9 Å². The molecule has 1 aliphatic heterocycles. The van der Waals surface area contributed by atoms with Crippen LogP contribution in [0.3, 0.4) is 0 Å². The summed E-state index contributed by atoms with van der Waals surface area (Å²) in [6, 6.07) is 15.7. The van der Waals surface area contributed by atoms with Crippen molar-refractivity contribution in [3.05, 3.63) is 64.8 Å². The molecule has 2 aromatic carbocycles. The van der Waals surface area contributed by atoms with Gasteiger partial charge in [0.2, 0.25) is 0 Å². The van der Waals surface area contributed by atoms with Gasteiger partial charge < -0.3 is 19.7 Å². The van der Waals surface area contributed by atoms with Crippen LogP contribution in [-0.2, 0) is 13.7 Å². The van der Waals surface area contributed by atoms with Gasteiger partial charge in [0.25, 0.3) is 0 Å². The first kappa shape index (κ1) is 20.3. The minimum atomic E-state index is -0.486. The molecule has 4 nitrogen and oxygen atoms in total. The SMILES string of the molecule is Cn1c(COc2ccc(Cl)cc2)c(C(O)CCC2CCNCC2)c2ccccc21. The molecule has 1 atom stereocenters. The molecule has 1 saturated heterocycles. The molecule has 5 heteroatoms. The summed E-state index contributed by atoms with van der Waals surface area (Å²) < 4.78 is 8.19. The highest BCUT2D eigenvalue weighted by atomic mass is 35.5. The Hall–Kier alpha value is -2.01. The molecule has 1 fully saturated rings. The number of aryl methyl sites for hydroxylation is 1. The number of nitrogens with one attached hydrogen (secondary N) is 1. The third-order valence-electron chi connectivity index (χ3n) is 6.10. The van der Waals surface area contributed by atoms with Crippen molar-refractivity contribution >= 4 is 22.5 Å². The number of piperidine rings is 1. The summed E-state index contributed by atoms with van der Waals surface area (Å²) in [5, 5.41) is 16.4. The fourth-order valence-electron chi connectivity index (χ4n) is 4.41. The van der Waals surface area contributed by atoms with Crippen LogP contribution in [0.2, 0.25) is 5.02 Å². The zero-order chi connectivity index (χ0) is 20.2. The topological polar surface area (TPSA) is 46.4 Å². The number of hydrogen-bond acceptors (Lipinski definition) is 3. The summed E-state index contributed by atoms with van der Waals surface area (Å²) in [6.45, 7) is 2.59. The Morgan fingerprint density at radius 2 is 1.86 bits per heavy atom. The Kier molecular flexibility index (Phi) is 6.43. The number of benzene rings is 2. The minimum absolute atomic E-state index is 0.409. The maximum Gasteiger partial charge on any atom is 0.129 e. The molecule has 2 heterocycles. The van der Waals surface area contributed by atoms with Crippen molar-refractivity contribution in [3.8, 4) is 5.75 Å². The summed E-state index contributed by atoms with van der Waals surface area (Å²) in [6.07, 6.45) is 3.76. The smallest absolute Gasteiger partial charge is 0.129 e. The molecule has 0 bridgehead atoms. The van der Waals surface area contributed by atoms with Gasteiger partial charge in [-0.1, -0.05) is 29.8 Å². The molecular formula is C24H29ClN2O2. The predicted molar refractivity (Wildman–Crippen MR) is 118 cm³/mol. The van der Waals surface area contributed by atoms with E-state index in [0.717, 1.165) is 53.8 Å². The van der Waals surface area contributed by atoms with E-state index in [1.165, 1.54) is 12.8 Å². The largest absolute Gasteiger partial charge is 0.487 e. The number of aromatic nitrogens is 1. The molecule has 1 unspecified atom stereocenters. The van der Waals surface area contributed by atoms with Crippen LogP contribution < -0.4 is 10.1 Å². The van der Waals surface area contributed by atoms with E-state index in [1.807, 2.05) is 43.4 Å². The monoisotopic (exact) mass is 412 g/mol. The van der Waals surface area contributed by atoms with Crippen LogP contribution in [0.4, 0.5) is 0 Å². The summed E-state index contributed by atoms with van der Waals surface area (Å²) in [5.74, 6) is 1.48. The second-order valence-corrected chi connectivity index (χ2v) is 8.40. The molecule has 0 spiro atoms. The lowest BCUT2D eigenvalue weighted by Crippen LogP contribution is -2.27. The molecule has 154 valence electrons. The predicted octanol–water partition coefficient (Wildman–Crippen LogP) is 5.22. The van der Waals surface area contributed by atoms with Crippen molar-refractivity contribution in [2.45, 2.75) is 38.4 Å². The van der Waals surface area contributed by atoms with Gasteiger partial charge in [-0.25, -0.2) is 0 Å². The number of rotatable bonds is 7. The molecular weight excluding hydrogens is 384 g/mol. The van der Waals surface area contributed by atoms with Crippen molar-refractivity contribution in [1.29, 1.82) is 0 Å². The van der Waals surface area contributed by atoms with Gasteiger partial charge in [0.1, 0.15) is 12.4 Å². The van der Waals surface area contributed by atoms with E-state index in [-0.39, 0.29) is 0 Å². The number of aliphatic hydroxyl groups is 1. The third-order valence-corrected chi connectivity index (χ3v) is 6.35. The summed E-state index contributed by atoms with van der Waals surface area (Å²) in [7, 11) is 2.05. The lowest BCUT2D eigenvalue weighted by molar-refractivity contribution is 0.150. The molecule has 2 N–H and O–H groups in total. The standard InChI is InChI=1S/C24H29ClN2O2/c1-27-21-5-3-2-4-20(21)24(23(28)11-6-17-12-14-26-15-13-17)22(27)16-29-19-9-7-18(25)8-10-19/h2-5,7-10,17,23,26,28H,6,11-16H2,1H3. The van der Waals surface area contributed by atoms with Gasteiger partial charge in [0, 0.05) is 28.5 Å². The van der Waals surface area contributed by atoms with Gasteiger partial charge >= 0.3 is 0 Å². The fourth-order valence-corrected chi connectivity index (χ4v) is 4.54. The number of halogens is 1. The molecule has 0 aliphatic carbocycles. The Labute approximate surface area is 177 Å². The number of para-hydroxylation sites is 1. The number of hydrogen-bond donors (Lipinski definition) is 2. The summed E-state index contributed by atoms with van der Waals surface area (Å²) >= 11 is 5.98. The highest BCUT2D eigenvalue weighted by molar-refractivity contribution is 6.30. The van der Waals surface area contributed by atoms with Crippen molar-refractivity contribution in [1.82, 2.24) is 9.88 Å². The average Bonchev–Trinajstić information content (AvgIpc) is 3.04. The third kappa shape index (κ3) is 4.61. The van der Waals surface area contributed by atoms with E-state index in [0.29, 0.717) is 17.5 Å². The molecule has 1 aliphatic rings. The van der Waals surface area contributed by atoms with Gasteiger partial charge in [0.15, 0.2) is 0 Å². The first-order valence-corrected chi connectivity index (χ1v) is 10.8. The molecule has 0 amide bonds. The van der Waals surface area contributed by atoms with Crippen LogP contribution >= 0.6 is 11.6 Å². The van der Waals surface area contributed by atoms with Crippen molar-refractivity contribution in [2.75, 3.05) is 13.1 Å². The Balaban J connectivity index is 1.57. The lowest BCUT2D eigenvalue weighted by Gasteiger charge is -2.24. The Morgan fingerprint density at radius 3 is 2.62 bits per heavy atom. The Morgan fingerprint density at radius 1 is 1.14 bits per heavy atom. The summed E-state index contributed by atoms with van der Waals surface area (Å²) in [5.41, 5.74) is 3.16. The number of aliphatic hydroxyl groups excluding tert-OH is 1. The molecule has 1 aromatic heterocycles. The maximum atomic E-state index is 11.2. The normalized spacial score (nSPS) is 16.2. The molecule has 0 saturated carbocycles. The van der Waals surface area contributed by atoms with Gasteiger partial charge in [-0.3, -0.25) is 0 Å². The van der Waals surface area contributed by atoms with Crippen molar-refractivity contribution in [2.24, 2.45) is 13.0 Å². The molecule has 0 radical (unpaired) electrons. The quantitative estimate of drug-likeness (QED) is 0.559. The molecule has 29 heavy (non-hydrogen) atoms. The Bertz CT molecular complexity index is 945. The van der Waals surface area contributed by atoms with Gasteiger partial charge in [0.05, 0.1) is 11.8 Å². The minimum Gasteiger partial charge on any atom is -0.487 e. The van der Waals surface area contributed by atoms with Crippen molar-refractivity contribution in [3.63, 3.8) is 0 Å². The molecule has 4 rings (SSSR count). The van der Waals surface area contributed by atoms with Crippen LogP contribution in [0.5, 0.6) is 5.75 Å². The van der Waals surface area contributed by atoms with Crippen molar-refractivity contribution < 1.29 is 9.84 Å². The van der Waals surface area contributed by atoms with E-state index in [1.54, 1.807) is 0 Å². The lowest BCUT2D eigenvalue weighted by atomic mass is 9.90. The summed E-state index contributed by atoms with van der Waals surface area (Å²) in [4.78, 5) is 0. The molecule has 3 aromatic rings. The van der Waals surface area contributed by atoms with Gasteiger partial charge in [-0.15, -0.1) is 0 Å². The van der Waals surface area contributed by atoms with Gasteiger partial charge in [-0.05, 0) is 75.0 Å². The number of fused-ring (bicyclic) bond motifs is 1. The maximum absolute atomic E-state index is 11.2. The number of nitrogens with zero attached hydrogens (tertiary/aromatic N) is 1. The van der Waals surface area contributed by atoms with Crippen LogP contribution in [0.15, 0.2) is 48.5 Å². The first-order chi connectivity index (χ1) is 14.1. The number of ether oxygens (including phenoxy) is 1. The zero-order valence-corrected chi connectivity index (χ0v) is 17.7. The van der Waals surface area contributed by atoms with E-state index in [9.17, 15) is 5.11 Å².